The van der Waals surface area contributed by atoms with Gasteiger partial charge in [-0.05, 0) is 48.5 Å². The molecule has 7 heteroatoms. The molecule has 140 valence electrons. The number of carbonyl (C=O) groups is 2. The van der Waals surface area contributed by atoms with Crippen LogP contribution in [0.25, 0.3) is 0 Å². The van der Waals surface area contributed by atoms with E-state index in [1.807, 2.05) is 12.1 Å². The number of hydrogen-bond acceptors (Lipinski definition) is 5. The minimum atomic E-state index is -0.748. The van der Waals surface area contributed by atoms with Crippen molar-refractivity contribution in [3.63, 3.8) is 0 Å². The number of para-hydroxylation sites is 2. The third-order valence-corrected chi connectivity index (χ3v) is 4.12. The maximum Gasteiger partial charge on any atom is 0.269 e. The highest BCUT2D eigenvalue weighted by Crippen LogP contribution is 2.31. The lowest BCUT2D eigenvalue weighted by Gasteiger charge is -2.25. The average molecular weight is 375 g/mol. The fraction of sp³-hybridized carbons (Fsp3) is 0.0952. The second-order valence-corrected chi connectivity index (χ2v) is 6.10. The standard InChI is InChI=1S/C21H17N3O4/c25-20(24-19-7-3-4-12-22-19)14-8-10-15(11-9-14)23-21(26)18-13-27-16-5-1-2-6-17(16)28-18/h1-12,18H,13H2,(H,23,26)(H,22,24,25). The van der Waals surface area contributed by atoms with Gasteiger partial charge in [-0.2, -0.15) is 0 Å². The Labute approximate surface area is 161 Å². The van der Waals surface area contributed by atoms with E-state index in [4.69, 9.17) is 9.47 Å². The molecule has 2 heterocycles. The monoisotopic (exact) mass is 375 g/mol. The Morgan fingerprint density at radius 3 is 2.39 bits per heavy atom. The maximum atomic E-state index is 12.4. The van der Waals surface area contributed by atoms with Crippen LogP contribution in [0.15, 0.2) is 72.9 Å². The summed E-state index contributed by atoms with van der Waals surface area (Å²) in [7, 11) is 0. The van der Waals surface area contributed by atoms with Crippen molar-refractivity contribution in [1.82, 2.24) is 4.98 Å². The number of fused-ring (bicyclic) bond motifs is 1. The van der Waals surface area contributed by atoms with Crippen molar-refractivity contribution in [2.24, 2.45) is 0 Å². The molecule has 0 spiro atoms. The van der Waals surface area contributed by atoms with Crippen LogP contribution in [0.1, 0.15) is 10.4 Å². The lowest BCUT2D eigenvalue weighted by atomic mass is 10.2. The van der Waals surface area contributed by atoms with Crippen LogP contribution in [0.2, 0.25) is 0 Å². The van der Waals surface area contributed by atoms with Gasteiger partial charge in [-0.3, -0.25) is 9.59 Å². The Hall–Kier alpha value is -3.87. The molecule has 1 aliphatic heterocycles. The van der Waals surface area contributed by atoms with Gasteiger partial charge in [-0.25, -0.2) is 4.98 Å². The van der Waals surface area contributed by atoms with E-state index in [9.17, 15) is 9.59 Å². The average Bonchev–Trinajstić information content (AvgIpc) is 2.74. The van der Waals surface area contributed by atoms with E-state index in [0.717, 1.165) is 0 Å². The van der Waals surface area contributed by atoms with Crippen LogP contribution in [0, 0.1) is 0 Å². The van der Waals surface area contributed by atoms with Crippen molar-refractivity contribution in [2.45, 2.75) is 6.10 Å². The number of nitrogens with zero attached hydrogens (tertiary/aromatic N) is 1. The Morgan fingerprint density at radius 1 is 0.893 bits per heavy atom. The van der Waals surface area contributed by atoms with E-state index in [1.165, 1.54) is 0 Å². The molecule has 1 aliphatic rings. The summed E-state index contributed by atoms with van der Waals surface area (Å²) in [6.07, 6.45) is 0.853. The minimum Gasteiger partial charge on any atom is -0.485 e. The quantitative estimate of drug-likeness (QED) is 0.731. The zero-order valence-corrected chi connectivity index (χ0v) is 14.8. The predicted octanol–water partition coefficient (Wildman–Crippen LogP) is 3.11. The van der Waals surface area contributed by atoms with Gasteiger partial charge < -0.3 is 20.1 Å². The van der Waals surface area contributed by atoms with Gasteiger partial charge in [-0.15, -0.1) is 0 Å². The zero-order valence-electron chi connectivity index (χ0n) is 14.8. The summed E-state index contributed by atoms with van der Waals surface area (Å²) < 4.78 is 11.2. The van der Waals surface area contributed by atoms with Crippen molar-refractivity contribution >= 4 is 23.3 Å². The third kappa shape index (κ3) is 3.93. The van der Waals surface area contributed by atoms with Crippen LogP contribution in [-0.4, -0.2) is 29.5 Å². The largest absolute Gasteiger partial charge is 0.485 e. The molecule has 4 rings (SSSR count). The number of ether oxygens (including phenoxy) is 2. The molecule has 2 N–H and O–H groups in total. The number of amides is 2. The molecular formula is C21H17N3O4. The van der Waals surface area contributed by atoms with Crippen molar-refractivity contribution in [2.75, 3.05) is 17.2 Å². The Morgan fingerprint density at radius 2 is 1.64 bits per heavy atom. The van der Waals surface area contributed by atoms with Gasteiger partial charge in [0.2, 0.25) is 6.10 Å². The van der Waals surface area contributed by atoms with Gasteiger partial charge >= 0.3 is 0 Å². The van der Waals surface area contributed by atoms with E-state index in [0.29, 0.717) is 28.6 Å². The molecule has 1 unspecified atom stereocenters. The predicted molar refractivity (Wildman–Crippen MR) is 104 cm³/mol. The van der Waals surface area contributed by atoms with Gasteiger partial charge in [0.25, 0.3) is 11.8 Å². The number of benzene rings is 2. The van der Waals surface area contributed by atoms with Gasteiger partial charge in [0.15, 0.2) is 11.5 Å². The number of carbonyl (C=O) groups excluding carboxylic acids is 2. The fourth-order valence-corrected chi connectivity index (χ4v) is 2.70. The van der Waals surface area contributed by atoms with Gasteiger partial charge in [-0.1, -0.05) is 18.2 Å². The zero-order chi connectivity index (χ0) is 19.3. The Balaban J connectivity index is 1.37. The molecular weight excluding hydrogens is 358 g/mol. The lowest BCUT2D eigenvalue weighted by Crippen LogP contribution is -2.40. The summed E-state index contributed by atoms with van der Waals surface area (Å²) in [6, 6.07) is 19.0. The molecule has 0 saturated carbocycles. The summed E-state index contributed by atoms with van der Waals surface area (Å²) in [5, 5.41) is 5.48. The highest BCUT2D eigenvalue weighted by atomic mass is 16.6. The van der Waals surface area contributed by atoms with Gasteiger partial charge in [0.05, 0.1) is 0 Å². The SMILES string of the molecule is O=C(Nc1ccccn1)c1ccc(NC(=O)C2COc3ccccc3O2)cc1. The van der Waals surface area contributed by atoms with Crippen LogP contribution in [0.5, 0.6) is 11.5 Å². The number of pyridine rings is 1. The van der Waals surface area contributed by atoms with Gasteiger partial charge in [0, 0.05) is 17.4 Å². The van der Waals surface area contributed by atoms with E-state index < -0.39 is 6.10 Å². The molecule has 2 amide bonds. The minimum absolute atomic E-state index is 0.132. The highest BCUT2D eigenvalue weighted by molar-refractivity contribution is 6.04. The first-order chi connectivity index (χ1) is 13.7. The molecule has 1 atom stereocenters. The number of rotatable bonds is 4. The van der Waals surface area contributed by atoms with Crippen LogP contribution >= 0.6 is 0 Å². The third-order valence-electron chi connectivity index (χ3n) is 4.12. The molecule has 0 radical (unpaired) electrons. The summed E-state index contributed by atoms with van der Waals surface area (Å²) in [5.74, 6) is 1.03. The fourth-order valence-electron chi connectivity index (χ4n) is 2.70. The summed E-state index contributed by atoms with van der Waals surface area (Å²) in [4.78, 5) is 28.7. The van der Waals surface area contributed by atoms with Crippen LogP contribution in [0.4, 0.5) is 11.5 Å². The molecule has 3 aromatic rings. The smallest absolute Gasteiger partial charge is 0.269 e. The number of hydrogen-bond donors (Lipinski definition) is 2. The summed E-state index contributed by atoms with van der Waals surface area (Å²) in [5.41, 5.74) is 1.01. The lowest BCUT2D eigenvalue weighted by molar-refractivity contribution is -0.125. The Bertz CT molecular complexity index is 990. The summed E-state index contributed by atoms with van der Waals surface area (Å²) in [6.45, 7) is 0.132. The molecule has 1 aromatic heterocycles. The number of anilines is 2. The molecule has 0 fully saturated rings. The normalized spacial score (nSPS) is 14.8. The van der Waals surface area contributed by atoms with E-state index in [2.05, 4.69) is 15.6 Å². The number of nitrogens with one attached hydrogen (secondary N) is 2. The molecule has 2 aromatic carbocycles. The molecule has 0 bridgehead atoms. The summed E-state index contributed by atoms with van der Waals surface area (Å²) >= 11 is 0. The van der Waals surface area contributed by atoms with E-state index in [-0.39, 0.29) is 18.4 Å². The van der Waals surface area contributed by atoms with Crippen LogP contribution < -0.4 is 20.1 Å². The van der Waals surface area contributed by atoms with Crippen molar-refractivity contribution < 1.29 is 19.1 Å². The van der Waals surface area contributed by atoms with Crippen molar-refractivity contribution in [3.05, 3.63) is 78.5 Å². The Kier molecular flexibility index (Phi) is 4.88. The second-order valence-electron chi connectivity index (χ2n) is 6.10. The first-order valence-electron chi connectivity index (χ1n) is 8.71. The highest BCUT2D eigenvalue weighted by Gasteiger charge is 2.27. The molecule has 28 heavy (non-hydrogen) atoms. The van der Waals surface area contributed by atoms with Crippen molar-refractivity contribution in [1.29, 1.82) is 0 Å². The van der Waals surface area contributed by atoms with Crippen LogP contribution in [-0.2, 0) is 4.79 Å². The van der Waals surface area contributed by atoms with Crippen LogP contribution in [0.3, 0.4) is 0 Å². The van der Waals surface area contributed by atoms with E-state index in [1.54, 1.807) is 60.8 Å². The van der Waals surface area contributed by atoms with Gasteiger partial charge in [0.1, 0.15) is 12.4 Å². The molecule has 0 saturated heterocycles. The first-order valence-corrected chi connectivity index (χ1v) is 8.71. The first kappa shape index (κ1) is 17.5. The topological polar surface area (TPSA) is 89.6 Å². The molecule has 7 nitrogen and oxygen atoms in total. The van der Waals surface area contributed by atoms with Crippen molar-refractivity contribution in [3.8, 4) is 11.5 Å². The van der Waals surface area contributed by atoms with E-state index >= 15 is 0 Å². The second kappa shape index (κ2) is 7.79. The number of aromatic nitrogens is 1. The molecule has 0 aliphatic carbocycles. The maximum absolute atomic E-state index is 12.4.